The van der Waals surface area contributed by atoms with Gasteiger partial charge in [0, 0.05) is 19.2 Å². The molecule has 0 aliphatic carbocycles. The van der Waals surface area contributed by atoms with Gasteiger partial charge >= 0.3 is 5.97 Å². The average Bonchev–Trinajstić information content (AvgIpc) is 2.46. The first-order valence-corrected chi connectivity index (χ1v) is 5.88. The van der Waals surface area contributed by atoms with Gasteiger partial charge in [-0.05, 0) is 24.6 Å². The number of ether oxygens (including phenoxy) is 2. The number of carbonyl (C=O) groups excluding carboxylic acids is 2. The zero-order valence-corrected chi connectivity index (χ0v) is 11.7. The highest BCUT2D eigenvalue weighted by Crippen LogP contribution is 2.30. The number of Topliss-reactive ketones (excluding diaryl/α,β-unsaturated/α-hetero) is 1. The average molecular weight is 297 g/mol. The van der Waals surface area contributed by atoms with Gasteiger partial charge in [0.2, 0.25) is 5.60 Å². The van der Waals surface area contributed by atoms with E-state index in [4.69, 9.17) is 4.74 Å². The fourth-order valence-corrected chi connectivity index (χ4v) is 2.00. The monoisotopic (exact) mass is 297 g/mol. The molecule has 2 atom stereocenters. The molecule has 1 aromatic carbocycles. The maximum absolute atomic E-state index is 11.9. The third-order valence-corrected chi connectivity index (χ3v) is 3.00. The Morgan fingerprint density at radius 1 is 1.29 bits per heavy atom. The van der Waals surface area contributed by atoms with E-state index >= 15 is 0 Å². The van der Waals surface area contributed by atoms with Gasteiger partial charge in [-0.25, -0.2) is 4.79 Å². The molecule has 1 rings (SSSR count). The summed E-state index contributed by atoms with van der Waals surface area (Å²) in [5, 5.41) is 21.2. The summed E-state index contributed by atoms with van der Waals surface area (Å²) in [4.78, 5) is 33.5. The number of aliphatic hydroxyl groups is 1. The van der Waals surface area contributed by atoms with E-state index in [1.54, 1.807) is 0 Å². The van der Waals surface area contributed by atoms with Crippen LogP contribution in [-0.4, -0.2) is 42.1 Å². The highest BCUT2D eigenvalue weighted by Gasteiger charge is 2.50. The third kappa shape index (κ3) is 3.06. The molecular formula is C13H15NO7. The van der Waals surface area contributed by atoms with Crippen molar-refractivity contribution in [2.75, 3.05) is 14.2 Å². The molecule has 0 saturated carbocycles. The van der Waals surface area contributed by atoms with Crippen molar-refractivity contribution in [1.29, 1.82) is 0 Å². The van der Waals surface area contributed by atoms with Crippen LogP contribution in [0.4, 0.5) is 5.69 Å². The lowest BCUT2D eigenvalue weighted by molar-refractivity contribution is -0.384. The van der Waals surface area contributed by atoms with Gasteiger partial charge in [0.15, 0.2) is 11.9 Å². The molecule has 21 heavy (non-hydrogen) atoms. The standard InChI is InChI=1S/C13H15NO7/c1-8(15)11(20-2)13(17,12(16)21-3)9-4-6-10(7-5-9)14(18)19/h4-7,11,17H,1-3H3/t11-,13+/m0/s1. The zero-order chi connectivity index (χ0) is 16.2. The topological polar surface area (TPSA) is 116 Å². The van der Waals surface area contributed by atoms with Crippen LogP contribution in [0.3, 0.4) is 0 Å². The van der Waals surface area contributed by atoms with E-state index in [2.05, 4.69) is 4.74 Å². The summed E-state index contributed by atoms with van der Waals surface area (Å²) in [5.74, 6) is -1.69. The molecule has 0 saturated heterocycles. The van der Waals surface area contributed by atoms with Crippen LogP contribution in [0.1, 0.15) is 12.5 Å². The van der Waals surface area contributed by atoms with E-state index in [0.29, 0.717) is 0 Å². The Morgan fingerprint density at radius 3 is 2.14 bits per heavy atom. The number of ketones is 1. The minimum absolute atomic E-state index is 0.0398. The minimum Gasteiger partial charge on any atom is -0.467 e. The summed E-state index contributed by atoms with van der Waals surface area (Å²) >= 11 is 0. The van der Waals surface area contributed by atoms with Crippen LogP contribution in [0.5, 0.6) is 0 Å². The van der Waals surface area contributed by atoms with Gasteiger partial charge in [0.25, 0.3) is 5.69 Å². The predicted molar refractivity (Wildman–Crippen MR) is 70.5 cm³/mol. The molecule has 1 N–H and O–H groups in total. The van der Waals surface area contributed by atoms with Crippen LogP contribution < -0.4 is 0 Å². The number of esters is 1. The van der Waals surface area contributed by atoms with Crippen molar-refractivity contribution in [2.45, 2.75) is 18.6 Å². The molecular weight excluding hydrogens is 282 g/mol. The second-order valence-electron chi connectivity index (χ2n) is 4.29. The Morgan fingerprint density at radius 2 is 1.81 bits per heavy atom. The molecule has 0 bridgehead atoms. The smallest absolute Gasteiger partial charge is 0.345 e. The SMILES string of the molecule is COC(=O)[C@@](O)(c1ccc([N+](=O)[O-])cc1)[C@@H](OC)C(C)=O. The van der Waals surface area contributed by atoms with Gasteiger partial charge in [-0.3, -0.25) is 14.9 Å². The molecule has 0 spiro atoms. The van der Waals surface area contributed by atoms with Crippen LogP contribution in [-0.2, 0) is 24.7 Å². The van der Waals surface area contributed by atoms with E-state index in [0.717, 1.165) is 33.3 Å². The number of benzene rings is 1. The van der Waals surface area contributed by atoms with E-state index < -0.39 is 28.4 Å². The van der Waals surface area contributed by atoms with Gasteiger partial charge in [-0.2, -0.15) is 0 Å². The lowest BCUT2D eigenvalue weighted by atomic mass is 9.86. The predicted octanol–water partition coefficient (Wildman–Crippen LogP) is 0.559. The van der Waals surface area contributed by atoms with Crippen LogP contribution in [0.2, 0.25) is 0 Å². The number of nitrogens with zero attached hydrogens (tertiary/aromatic N) is 1. The Balaban J connectivity index is 3.40. The number of hydrogen-bond acceptors (Lipinski definition) is 7. The van der Waals surface area contributed by atoms with Crippen molar-refractivity contribution in [3.63, 3.8) is 0 Å². The molecule has 0 aliphatic heterocycles. The first-order chi connectivity index (χ1) is 9.78. The van der Waals surface area contributed by atoms with Gasteiger partial charge in [-0.15, -0.1) is 0 Å². The number of methoxy groups -OCH3 is 2. The highest BCUT2D eigenvalue weighted by atomic mass is 16.6. The summed E-state index contributed by atoms with van der Waals surface area (Å²) in [5.41, 5.74) is -2.64. The van der Waals surface area contributed by atoms with Crippen molar-refractivity contribution in [3.05, 3.63) is 39.9 Å². The number of nitro benzene ring substituents is 1. The highest BCUT2D eigenvalue weighted by molar-refractivity contribution is 5.92. The molecule has 0 aliphatic rings. The van der Waals surface area contributed by atoms with Crippen LogP contribution in [0.25, 0.3) is 0 Å². The van der Waals surface area contributed by atoms with Gasteiger partial charge in [0.05, 0.1) is 12.0 Å². The second-order valence-corrected chi connectivity index (χ2v) is 4.29. The van der Waals surface area contributed by atoms with E-state index in [-0.39, 0.29) is 11.3 Å². The summed E-state index contributed by atoms with van der Waals surface area (Å²) in [6, 6.07) is 4.56. The maximum Gasteiger partial charge on any atom is 0.345 e. The van der Waals surface area contributed by atoms with Crippen LogP contribution in [0.15, 0.2) is 24.3 Å². The summed E-state index contributed by atoms with van der Waals surface area (Å²) in [6.07, 6.45) is -1.49. The lowest BCUT2D eigenvalue weighted by Gasteiger charge is -2.31. The van der Waals surface area contributed by atoms with E-state index in [1.807, 2.05) is 0 Å². The lowest BCUT2D eigenvalue weighted by Crippen LogP contribution is -2.51. The summed E-state index contributed by atoms with van der Waals surface area (Å²) in [7, 11) is 2.21. The quantitative estimate of drug-likeness (QED) is 0.463. The molecule has 0 heterocycles. The molecule has 1 aromatic rings. The zero-order valence-electron chi connectivity index (χ0n) is 11.7. The Labute approximate surface area is 120 Å². The van der Waals surface area contributed by atoms with Crippen molar-refractivity contribution in [2.24, 2.45) is 0 Å². The molecule has 114 valence electrons. The number of nitro groups is 1. The molecule has 0 unspecified atom stereocenters. The first kappa shape index (κ1) is 16.7. The van der Waals surface area contributed by atoms with Crippen LogP contribution in [0, 0.1) is 10.1 Å². The van der Waals surface area contributed by atoms with Crippen LogP contribution >= 0.6 is 0 Å². The number of carbonyl (C=O) groups is 2. The Hall–Kier alpha value is -2.32. The Kier molecular flexibility index (Phi) is 5.12. The molecule has 0 aromatic heterocycles. The summed E-state index contributed by atoms with van der Waals surface area (Å²) < 4.78 is 9.42. The fourth-order valence-electron chi connectivity index (χ4n) is 2.00. The summed E-state index contributed by atoms with van der Waals surface area (Å²) in [6.45, 7) is 1.15. The fraction of sp³-hybridized carbons (Fsp3) is 0.385. The third-order valence-electron chi connectivity index (χ3n) is 3.00. The van der Waals surface area contributed by atoms with Crippen molar-refractivity contribution < 1.29 is 29.1 Å². The van der Waals surface area contributed by atoms with Gasteiger partial charge in [0.1, 0.15) is 0 Å². The van der Waals surface area contributed by atoms with Gasteiger partial charge in [-0.1, -0.05) is 0 Å². The normalized spacial score (nSPS) is 14.9. The minimum atomic E-state index is -2.38. The van der Waals surface area contributed by atoms with Crippen molar-refractivity contribution >= 4 is 17.4 Å². The van der Waals surface area contributed by atoms with Gasteiger partial charge < -0.3 is 14.6 Å². The largest absolute Gasteiger partial charge is 0.467 e. The molecule has 8 nitrogen and oxygen atoms in total. The second kappa shape index (κ2) is 6.42. The number of non-ortho nitro benzene ring substituents is 1. The first-order valence-electron chi connectivity index (χ1n) is 5.88. The van der Waals surface area contributed by atoms with Crippen molar-refractivity contribution in [1.82, 2.24) is 0 Å². The Bertz CT molecular complexity index is 554. The number of hydrogen-bond donors (Lipinski definition) is 1. The maximum atomic E-state index is 11.9. The van der Waals surface area contributed by atoms with Crippen molar-refractivity contribution in [3.8, 4) is 0 Å². The molecule has 0 fully saturated rings. The van der Waals surface area contributed by atoms with E-state index in [9.17, 15) is 24.8 Å². The van der Waals surface area contributed by atoms with E-state index in [1.165, 1.54) is 12.1 Å². The number of rotatable bonds is 6. The molecule has 8 heteroatoms. The molecule has 0 amide bonds. The molecule has 0 radical (unpaired) electrons.